The molecule has 5 nitrogen and oxygen atoms in total. The minimum absolute atomic E-state index is 0.126. The number of hydrogen-bond donors (Lipinski definition) is 3. The Balaban J connectivity index is 3.15. The zero-order valence-corrected chi connectivity index (χ0v) is 9.86. The zero-order chi connectivity index (χ0) is 13.0. The second-order valence-electron chi connectivity index (χ2n) is 3.88. The Kier molecular flexibility index (Phi) is 4.09. The van der Waals surface area contributed by atoms with Crippen LogP contribution in [-0.4, -0.2) is 23.0 Å². The van der Waals surface area contributed by atoms with Gasteiger partial charge >= 0.3 is 5.97 Å². The highest BCUT2D eigenvalue weighted by molar-refractivity contribution is 6.00. The molecule has 0 saturated carbocycles. The van der Waals surface area contributed by atoms with Crippen LogP contribution in [0.3, 0.4) is 0 Å². The number of benzene rings is 1. The Labute approximate surface area is 99.6 Å². The number of aromatic carboxylic acids is 1. The van der Waals surface area contributed by atoms with Crippen LogP contribution in [0.5, 0.6) is 0 Å². The smallest absolute Gasteiger partial charge is 0.335 e. The van der Waals surface area contributed by atoms with Crippen LogP contribution in [0.15, 0.2) is 18.2 Å². The summed E-state index contributed by atoms with van der Waals surface area (Å²) in [5.74, 6) is -1.61. The number of carbonyl (C=O) groups excluding carboxylic acids is 1. The lowest BCUT2D eigenvalue weighted by Crippen LogP contribution is -2.19. The zero-order valence-electron chi connectivity index (χ0n) is 9.86. The average molecular weight is 236 g/mol. The molecule has 1 aromatic rings. The fourth-order valence-corrected chi connectivity index (χ4v) is 1.38. The van der Waals surface area contributed by atoms with Crippen LogP contribution in [0, 0.1) is 0 Å². The summed E-state index contributed by atoms with van der Waals surface area (Å²) < 4.78 is 0. The second kappa shape index (κ2) is 5.34. The van der Waals surface area contributed by atoms with E-state index in [1.165, 1.54) is 18.2 Å². The van der Waals surface area contributed by atoms with Gasteiger partial charge in [-0.25, -0.2) is 4.79 Å². The van der Waals surface area contributed by atoms with Crippen molar-refractivity contribution >= 4 is 17.6 Å². The first kappa shape index (κ1) is 13.0. The van der Waals surface area contributed by atoms with Crippen LogP contribution < -0.4 is 11.1 Å². The summed E-state index contributed by atoms with van der Waals surface area (Å²) in [5, 5.41) is 12.0. The molecule has 0 aromatic heterocycles. The Morgan fingerprint density at radius 3 is 2.59 bits per heavy atom. The molecule has 1 amide bonds. The summed E-state index contributed by atoms with van der Waals surface area (Å²) in [6, 6.07) is 4.35. The summed E-state index contributed by atoms with van der Waals surface area (Å²) in [7, 11) is 0. The highest BCUT2D eigenvalue weighted by Gasteiger charge is 2.13. The number of carboxylic acids is 1. The maximum absolute atomic E-state index is 11.2. The van der Waals surface area contributed by atoms with E-state index in [9.17, 15) is 9.59 Å². The van der Waals surface area contributed by atoms with Crippen molar-refractivity contribution in [2.75, 3.05) is 5.32 Å². The third-order valence-electron chi connectivity index (χ3n) is 2.55. The molecule has 1 aromatic carbocycles. The predicted molar refractivity (Wildman–Crippen MR) is 65.3 cm³/mol. The first-order valence-electron chi connectivity index (χ1n) is 5.39. The Bertz CT molecular complexity index is 443. The van der Waals surface area contributed by atoms with E-state index >= 15 is 0 Å². The molecule has 0 heterocycles. The SMILES string of the molecule is CC[C@H](C)Nc1cc(C(=O)O)ccc1C(N)=O. The molecule has 0 saturated heterocycles. The molecule has 0 bridgehead atoms. The van der Waals surface area contributed by atoms with Crippen molar-refractivity contribution in [3.8, 4) is 0 Å². The maximum Gasteiger partial charge on any atom is 0.335 e. The number of carbonyl (C=O) groups is 2. The topological polar surface area (TPSA) is 92.4 Å². The van der Waals surface area contributed by atoms with Crippen LogP contribution in [-0.2, 0) is 0 Å². The second-order valence-corrected chi connectivity index (χ2v) is 3.88. The summed E-state index contributed by atoms with van der Waals surface area (Å²) in [4.78, 5) is 22.1. The van der Waals surface area contributed by atoms with Gasteiger partial charge in [-0.1, -0.05) is 6.92 Å². The van der Waals surface area contributed by atoms with Gasteiger partial charge in [0, 0.05) is 11.7 Å². The van der Waals surface area contributed by atoms with Crippen molar-refractivity contribution in [1.29, 1.82) is 0 Å². The van der Waals surface area contributed by atoms with E-state index in [0.29, 0.717) is 11.3 Å². The molecule has 0 aliphatic heterocycles. The van der Waals surface area contributed by atoms with Gasteiger partial charge in [0.25, 0.3) is 5.91 Å². The van der Waals surface area contributed by atoms with Crippen LogP contribution in [0.1, 0.15) is 41.0 Å². The van der Waals surface area contributed by atoms with Gasteiger partial charge in [0.1, 0.15) is 0 Å². The van der Waals surface area contributed by atoms with E-state index in [1.807, 2.05) is 13.8 Å². The molecule has 0 fully saturated rings. The molecule has 0 spiro atoms. The molecule has 0 unspecified atom stereocenters. The lowest BCUT2D eigenvalue weighted by atomic mass is 10.1. The first-order valence-corrected chi connectivity index (χ1v) is 5.39. The molecule has 1 atom stereocenters. The van der Waals surface area contributed by atoms with E-state index in [1.54, 1.807) is 0 Å². The van der Waals surface area contributed by atoms with Crippen molar-refractivity contribution in [1.82, 2.24) is 0 Å². The van der Waals surface area contributed by atoms with Gasteiger partial charge in [0.05, 0.1) is 11.1 Å². The number of anilines is 1. The molecular formula is C12H16N2O3. The fraction of sp³-hybridized carbons (Fsp3) is 0.333. The van der Waals surface area contributed by atoms with Gasteiger partial charge in [-0.15, -0.1) is 0 Å². The van der Waals surface area contributed by atoms with Gasteiger partial charge in [-0.3, -0.25) is 4.79 Å². The highest BCUT2D eigenvalue weighted by Crippen LogP contribution is 2.19. The fourth-order valence-electron chi connectivity index (χ4n) is 1.38. The number of nitrogens with two attached hydrogens (primary N) is 1. The summed E-state index contributed by atoms with van der Waals surface area (Å²) in [5.41, 5.74) is 6.12. The minimum atomic E-state index is -1.03. The number of primary amides is 1. The van der Waals surface area contributed by atoms with Crippen LogP contribution in [0.25, 0.3) is 0 Å². The van der Waals surface area contributed by atoms with Gasteiger partial charge in [-0.05, 0) is 31.5 Å². The van der Waals surface area contributed by atoms with Crippen molar-refractivity contribution in [3.63, 3.8) is 0 Å². The van der Waals surface area contributed by atoms with Crippen molar-refractivity contribution in [2.24, 2.45) is 5.73 Å². The van der Waals surface area contributed by atoms with Crippen molar-refractivity contribution in [3.05, 3.63) is 29.3 Å². The molecule has 5 heteroatoms. The number of amides is 1. The molecule has 17 heavy (non-hydrogen) atoms. The van der Waals surface area contributed by atoms with Gasteiger partial charge < -0.3 is 16.2 Å². The van der Waals surface area contributed by atoms with E-state index in [0.717, 1.165) is 6.42 Å². The number of carboxylic acid groups (broad SMARTS) is 1. The third-order valence-corrected chi connectivity index (χ3v) is 2.55. The largest absolute Gasteiger partial charge is 0.478 e. The van der Waals surface area contributed by atoms with E-state index < -0.39 is 11.9 Å². The molecule has 92 valence electrons. The summed E-state index contributed by atoms with van der Waals surface area (Å²) >= 11 is 0. The normalized spacial score (nSPS) is 11.9. The first-order chi connectivity index (χ1) is 7.95. The molecule has 0 aliphatic rings. The predicted octanol–water partition coefficient (Wildman–Crippen LogP) is 1.69. The third kappa shape index (κ3) is 3.21. The average Bonchev–Trinajstić information content (AvgIpc) is 2.28. The highest BCUT2D eigenvalue weighted by atomic mass is 16.4. The quantitative estimate of drug-likeness (QED) is 0.725. The standard InChI is InChI=1S/C12H16N2O3/c1-3-7(2)14-10-6-8(12(16)17)4-5-9(10)11(13)15/h4-7,14H,3H2,1-2H3,(H2,13,15)(H,16,17)/t7-/m0/s1. The molecule has 1 rings (SSSR count). The van der Waals surface area contributed by atoms with Gasteiger partial charge in [0.2, 0.25) is 0 Å². The minimum Gasteiger partial charge on any atom is -0.478 e. The van der Waals surface area contributed by atoms with Crippen molar-refractivity contribution in [2.45, 2.75) is 26.3 Å². The Morgan fingerprint density at radius 2 is 2.12 bits per heavy atom. The lowest BCUT2D eigenvalue weighted by Gasteiger charge is -2.16. The Hall–Kier alpha value is -2.04. The molecule has 0 radical (unpaired) electrons. The molecule has 4 N–H and O–H groups in total. The lowest BCUT2D eigenvalue weighted by molar-refractivity contribution is 0.0696. The summed E-state index contributed by atoms with van der Waals surface area (Å²) in [6.45, 7) is 3.93. The number of rotatable bonds is 5. The van der Waals surface area contributed by atoms with Crippen molar-refractivity contribution < 1.29 is 14.7 Å². The van der Waals surface area contributed by atoms with Gasteiger partial charge in [-0.2, -0.15) is 0 Å². The van der Waals surface area contributed by atoms with Crippen LogP contribution in [0.4, 0.5) is 5.69 Å². The Morgan fingerprint density at radius 1 is 1.47 bits per heavy atom. The van der Waals surface area contributed by atoms with E-state index in [4.69, 9.17) is 10.8 Å². The number of nitrogens with one attached hydrogen (secondary N) is 1. The van der Waals surface area contributed by atoms with Gasteiger partial charge in [0.15, 0.2) is 0 Å². The maximum atomic E-state index is 11.2. The van der Waals surface area contributed by atoms with E-state index in [2.05, 4.69) is 5.32 Å². The summed E-state index contributed by atoms with van der Waals surface area (Å²) in [6.07, 6.45) is 0.857. The number of hydrogen-bond acceptors (Lipinski definition) is 3. The van der Waals surface area contributed by atoms with Crippen LogP contribution in [0.2, 0.25) is 0 Å². The molecule has 0 aliphatic carbocycles. The monoisotopic (exact) mass is 236 g/mol. The van der Waals surface area contributed by atoms with E-state index in [-0.39, 0.29) is 11.6 Å². The van der Waals surface area contributed by atoms with Crippen LogP contribution >= 0.6 is 0 Å². The molecular weight excluding hydrogens is 220 g/mol.